The van der Waals surface area contributed by atoms with Gasteiger partial charge in [-0.2, -0.15) is 5.10 Å². The first-order valence-electron chi connectivity index (χ1n) is 6.60. The monoisotopic (exact) mass is 331 g/mol. The molecule has 0 aliphatic rings. The number of carbonyl (C=O) groups excluding carboxylic acids is 1. The molecule has 0 fully saturated rings. The van der Waals surface area contributed by atoms with Crippen LogP contribution in [-0.4, -0.2) is 34.4 Å². The third-order valence-electron chi connectivity index (χ3n) is 3.02. The summed E-state index contributed by atoms with van der Waals surface area (Å²) in [7, 11) is 1.39. The molecule has 9 nitrogen and oxygen atoms in total. The quantitative estimate of drug-likeness (QED) is 0.434. The maximum Gasteiger partial charge on any atom is 0.275 e. The SMILES string of the molecule is COc1cc(/C=N/NC(=O)c2cc([N+](=O)[O-])ccc2O)ccc1O. The molecule has 0 bridgehead atoms. The van der Waals surface area contributed by atoms with Crippen molar-refractivity contribution in [2.75, 3.05) is 7.11 Å². The zero-order valence-corrected chi connectivity index (χ0v) is 12.5. The van der Waals surface area contributed by atoms with Crippen molar-refractivity contribution in [3.05, 3.63) is 57.6 Å². The van der Waals surface area contributed by atoms with Gasteiger partial charge in [0.15, 0.2) is 11.5 Å². The summed E-state index contributed by atoms with van der Waals surface area (Å²) in [6.07, 6.45) is 1.29. The number of phenols is 2. The van der Waals surface area contributed by atoms with E-state index >= 15 is 0 Å². The number of non-ortho nitro benzene ring substituents is 1. The van der Waals surface area contributed by atoms with E-state index in [9.17, 15) is 25.1 Å². The largest absolute Gasteiger partial charge is 0.507 e. The van der Waals surface area contributed by atoms with Crippen LogP contribution >= 0.6 is 0 Å². The fourth-order valence-electron chi connectivity index (χ4n) is 1.82. The van der Waals surface area contributed by atoms with Crippen LogP contribution in [-0.2, 0) is 0 Å². The van der Waals surface area contributed by atoms with Crippen LogP contribution in [0.15, 0.2) is 41.5 Å². The zero-order chi connectivity index (χ0) is 17.7. The Bertz CT molecular complexity index is 819. The number of aromatic hydroxyl groups is 2. The minimum atomic E-state index is -0.807. The lowest BCUT2D eigenvalue weighted by Crippen LogP contribution is -2.18. The number of carbonyl (C=O) groups is 1. The van der Waals surface area contributed by atoms with Gasteiger partial charge in [0, 0.05) is 12.1 Å². The van der Waals surface area contributed by atoms with E-state index in [1.165, 1.54) is 25.5 Å². The maximum absolute atomic E-state index is 11.9. The first-order valence-corrected chi connectivity index (χ1v) is 6.60. The van der Waals surface area contributed by atoms with E-state index in [0.29, 0.717) is 5.56 Å². The van der Waals surface area contributed by atoms with Crippen molar-refractivity contribution in [3.63, 3.8) is 0 Å². The second kappa shape index (κ2) is 7.09. The summed E-state index contributed by atoms with van der Waals surface area (Å²) in [5.74, 6) is -1.01. The summed E-state index contributed by atoms with van der Waals surface area (Å²) in [5.41, 5.74) is 2.08. The molecule has 0 unspecified atom stereocenters. The number of hydrogen-bond donors (Lipinski definition) is 3. The molecule has 2 aromatic rings. The van der Waals surface area contributed by atoms with Gasteiger partial charge in [0.1, 0.15) is 5.75 Å². The molecule has 0 aromatic heterocycles. The molecule has 0 spiro atoms. The normalized spacial score (nSPS) is 10.5. The summed E-state index contributed by atoms with van der Waals surface area (Å²) in [4.78, 5) is 22.0. The Hall–Kier alpha value is -3.62. The topological polar surface area (TPSA) is 134 Å². The molecular weight excluding hydrogens is 318 g/mol. The number of amides is 1. The van der Waals surface area contributed by atoms with Crippen LogP contribution < -0.4 is 10.2 Å². The summed E-state index contributed by atoms with van der Waals surface area (Å²) in [5, 5.41) is 33.5. The number of nitro groups is 1. The fraction of sp³-hybridized carbons (Fsp3) is 0.0667. The number of ether oxygens (including phenoxy) is 1. The molecular formula is C15H13N3O6. The summed E-state index contributed by atoms with van der Waals surface area (Å²) < 4.78 is 4.94. The zero-order valence-electron chi connectivity index (χ0n) is 12.5. The van der Waals surface area contributed by atoms with Crippen molar-refractivity contribution in [2.45, 2.75) is 0 Å². The van der Waals surface area contributed by atoms with E-state index in [1.54, 1.807) is 6.07 Å². The van der Waals surface area contributed by atoms with E-state index in [-0.39, 0.29) is 22.7 Å². The molecule has 0 saturated carbocycles. The van der Waals surface area contributed by atoms with E-state index < -0.39 is 16.6 Å². The van der Waals surface area contributed by atoms with Crippen LogP contribution in [0.25, 0.3) is 0 Å². The number of hydrogen-bond acceptors (Lipinski definition) is 7. The van der Waals surface area contributed by atoms with Gasteiger partial charge in [0.2, 0.25) is 0 Å². The predicted molar refractivity (Wildman–Crippen MR) is 84.5 cm³/mol. The second-order valence-corrected chi connectivity index (χ2v) is 4.59. The third kappa shape index (κ3) is 3.77. The molecule has 0 radical (unpaired) electrons. The maximum atomic E-state index is 11.9. The van der Waals surface area contributed by atoms with Crippen LogP contribution in [0.4, 0.5) is 5.69 Å². The van der Waals surface area contributed by atoms with Gasteiger partial charge < -0.3 is 14.9 Å². The van der Waals surface area contributed by atoms with E-state index in [0.717, 1.165) is 18.2 Å². The molecule has 0 atom stereocenters. The van der Waals surface area contributed by atoms with Crippen molar-refractivity contribution in [1.82, 2.24) is 5.43 Å². The van der Waals surface area contributed by atoms with Crippen molar-refractivity contribution >= 4 is 17.8 Å². The van der Waals surface area contributed by atoms with Gasteiger partial charge in [0.25, 0.3) is 11.6 Å². The highest BCUT2D eigenvalue weighted by atomic mass is 16.6. The Morgan fingerprint density at radius 1 is 1.25 bits per heavy atom. The second-order valence-electron chi connectivity index (χ2n) is 4.59. The summed E-state index contributed by atoms with van der Waals surface area (Å²) in [6.45, 7) is 0. The number of nitrogens with one attached hydrogen (secondary N) is 1. The summed E-state index contributed by atoms with van der Waals surface area (Å²) in [6, 6.07) is 7.52. The van der Waals surface area contributed by atoms with Crippen LogP contribution in [0.2, 0.25) is 0 Å². The minimum absolute atomic E-state index is 0.0415. The van der Waals surface area contributed by atoms with E-state index in [1.807, 2.05) is 0 Å². The Balaban J connectivity index is 2.13. The highest BCUT2D eigenvalue weighted by Gasteiger charge is 2.16. The number of phenolic OH excluding ortho intramolecular Hbond substituents is 2. The molecule has 0 aliphatic carbocycles. The predicted octanol–water partition coefficient (Wildman–Crippen LogP) is 1.78. The Kier molecular flexibility index (Phi) is 4.95. The lowest BCUT2D eigenvalue weighted by atomic mass is 10.1. The molecule has 2 aromatic carbocycles. The Morgan fingerprint density at radius 2 is 1.96 bits per heavy atom. The number of methoxy groups -OCH3 is 1. The average molecular weight is 331 g/mol. The molecule has 2 rings (SSSR count). The number of hydrazone groups is 1. The van der Waals surface area contributed by atoms with Gasteiger partial charge in [-0.1, -0.05) is 0 Å². The van der Waals surface area contributed by atoms with Gasteiger partial charge in [-0.05, 0) is 29.8 Å². The number of benzene rings is 2. The lowest BCUT2D eigenvalue weighted by molar-refractivity contribution is -0.384. The van der Waals surface area contributed by atoms with Gasteiger partial charge >= 0.3 is 0 Å². The third-order valence-corrected chi connectivity index (χ3v) is 3.02. The smallest absolute Gasteiger partial charge is 0.275 e. The molecule has 24 heavy (non-hydrogen) atoms. The van der Waals surface area contributed by atoms with Crippen molar-refractivity contribution in [2.24, 2.45) is 5.10 Å². The van der Waals surface area contributed by atoms with Crippen LogP contribution in [0, 0.1) is 10.1 Å². The molecule has 0 heterocycles. The fourth-order valence-corrected chi connectivity index (χ4v) is 1.82. The van der Waals surface area contributed by atoms with Gasteiger partial charge in [-0.15, -0.1) is 0 Å². The molecule has 9 heteroatoms. The van der Waals surface area contributed by atoms with Crippen molar-refractivity contribution < 1.29 is 24.7 Å². The lowest BCUT2D eigenvalue weighted by Gasteiger charge is -2.04. The number of nitro benzene ring substituents is 1. The van der Waals surface area contributed by atoms with Crippen molar-refractivity contribution in [1.29, 1.82) is 0 Å². The average Bonchev–Trinajstić information content (AvgIpc) is 2.56. The highest BCUT2D eigenvalue weighted by Crippen LogP contribution is 2.25. The number of nitrogens with zero attached hydrogens (tertiary/aromatic N) is 2. The van der Waals surface area contributed by atoms with Gasteiger partial charge in [0.05, 0.1) is 23.8 Å². The van der Waals surface area contributed by atoms with Gasteiger partial charge in [-0.3, -0.25) is 14.9 Å². The molecule has 0 saturated heterocycles. The first kappa shape index (κ1) is 16.7. The van der Waals surface area contributed by atoms with Crippen LogP contribution in [0.1, 0.15) is 15.9 Å². The van der Waals surface area contributed by atoms with E-state index in [4.69, 9.17) is 4.74 Å². The standard InChI is InChI=1S/C15H13N3O6/c1-24-14-6-9(2-4-13(14)20)8-16-17-15(21)11-7-10(18(22)23)3-5-12(11)19/h2-8,19-20H,1H3,(H,17,21)/b16-8+. The molecule has 1 amide bonds. The van der Waals surface area contributed by atoms with Crippen LogP contribution in [0.3, 0.4) is 0 Å². The highest BCUT2D eigenvalue weighted by molar-refractivity contribution is 5.98. The molecule has 124 valence electrons. The number of rotatable bonds is 5. The van der Waals surface area contributed by atoms with E-state index in [2.05, 4.69) is 10.5 Å². The molecule has 0 aliphatic heterocycles. The minimum Gasteiger partial charge on any atom is -0.507 e. The first-order chi connectivity index (χ1) is 11.4. The van der Waals surface area contributed by atoms with Crippen molar-refractivity contribution in [3.8, 4) is 17.2 Å². The van der Waals surface area contributed by atoms with Gasteiger partial charge in [-0.25, -0.2) is 5.43 Å². The Labute approximate surface area is 136 Å². The molecule has 3 N–H and O–H groups in total. The summed E-state index contributed by atoms with van der Waals surface area (Å²) >= 11 is 0. The van der Waals surface area contributed by atoms with Crippen LogP contribution in [0.5, 0.6) is 17.2 Å². The Morgan fingerprint density at radius 3 is 2.62 bits per heavy atom.